The second-order valence-electron chi connectivity index (χ2n) is 7.10. The van der Waals surface area contributed by atoms with Gasteiger partial charge in [-0.1, -0.05) is 24.6 Å². The van der Waals surface area contributed by atoms with Crippen LogP contribution in [0.5, 0.6) is 0 Å². The Morgan fingerprint density at radius 3 is 2.50 bits per heavy atom. The number of aryl methyl sites for hydroxylation is 1. The van der Waals surface area contributed by atoms with Crippen LogP contribution >= 0.6 is 22.6 Å². The number of amides is 3. The molecular weight excluding hydrogens is 467 g/mol. The molecule has 0 saturated carbocycles. The highest BCUT2D eigenvalue weighted by Gasteiger charge is 2.45. The largest absolute Gasteiger partial charge is 0.323 e. The van der Waals surface area contributed by atoms with E-state index in [9.17, 15) is 14.4 Å². The Kier molecular flexibility index (Phi) is 6.17. The first-order chi connectivity index (χ1) is 13.3. The van der Waals surface area contributed by atoms with Crippen LogP contribution < -0.4 is 4.90 Å². The number of benzene rings is 2. The maximum absolute atomic E-state index is 13.3. The van der Waals surface area contributed by atoms with Gasteiger partial charge in [0.25, 0.3) is 11.8 Å². The van der Waals surface area contributed by atoms with Crippen molar-refractivity contribution in [3.63, 3.8) is 0 Å². The molecule has 0 N–H and O–H groups in total. The molecule has 0 radical (unpaired) electrons. The average Bonchev–Trinajstić information content (AvgIpc) is 2.96. The van der Waals surface area contributed by atoms with Crippen LogP contribution in [0.2, 0.25) is 0 Å². The molecule has 1 saturated heterocycles. The number of nitrogens with zero attached hydrogens (tertiary/aromatic N) is 2. The number of carbonyl (C=O) groups excluding carboxylic acids is 3. The molecule has 6 heteroatoms. The Morgan fingerprint density at radius 2 is 1.89 bits per heavy atom. The molecule has 2 unspecified atom stereocenters. The molecular formula is C22H23IN2O3. The quantitative estimate of drug-likeness (QED) is 0.467. The Morgan fingerprint density at radius 1 is 1.21 bits per heavy atom. The molecule has 0 aliphatic carbocycles. The van der Waals surface area contributed by atoms with E-state index in [0.29, 0.717) is 17.7 Å². The van der Waals surface area contributed by atoms with Gasteiger partial charge >= 0.3 is 0 Å². The van der Waals surface area contributed by atoms with Crippen LogP contribution in [0.3, 0.4) is 0 Å². The Bertz CT molecular complexity index is 910. The zero-order valence-corrected chi connectivity index (χ0v) is 18.3. The number of imide groups is 1. The molecule has 2 atom stereocenters. The molecule has 1 aliphatic rings. The van der Waals surface area contributed by atoms with Crippen LogP contribution in [0.4, 0.5) is 5.69 Å². The van der Waals surface area contributed by atoms with Gasteiger partial charge in [0.15, 0.2) is 0 Å². The number of hydrogen-bond acceptors (Lipinski definition) is 3. The summed E-state index contributed by atoms with van der Waals surface area (Å²) in [5, 5.41) is 0. The molecule has 0 aromatic heterocycles. The van der Waals surface area contributed by atoms with E-state index in [1.54, 1.807) is 23.1 Å². The van der Waals surface area contributed by atoms with Crippen LogP contribution in [-0.2, 0) is 9.59 Å². The van der Waals surface area contributed by atoms with E-state index in [1.807, 2.05) is 51.1 Å². The van der Waals surface area contributed by atoms with E-state index in [4.69, 9.17) is 0 Å². The van der Waals surface area contributed by atoms with Gasteiger partial charge in [-0.25, -0.2) is 4.90 Å². The number of anilines is 1. The third kappa shape index (κ3) is 3.97. The highest BCUT2D eigenvalue weighted by Crippen LogP contribution is 2.29. The molecule has 1 heterocycles. The predicted octanol–water partition coefficient (Wildman–Crippen LogP) is 4.17. The summed E-state index contributed by atoms with van der Waals surface area (Å²) in [6.45, 7) is 5.81. The van der Waals surface area contributed by atoms with Crippen LogP contribution in [0.15, 0.2) is 48.5 Å². The molecule has 1 aliphatic heterocycles. The van der Waals surface area contributed by atoms with Gasteiger partial charge in [0.05, 0.1) is 12.1 Å². The first kappa shape index (κ1) is 20.5. The second-order valence-corrected chi connectivity index (χ2v) is 8.35. The van der Waals surface area contributed by atoms with Crippen molar-refractivity contribution in [1.82, 2.24) is 4.90 Å². The standard InChI is InChI=1S/C22H23IN2O3/c1-4-15(3)24(21(27)16-7-5-6-14(2)12-16)19-13-20(26)25(22(19)28)18-10-8-17(23)9-11-18/h5-12,15,19H,4,13H2,1-3H3. The van der Waals surface area contributed by atoms with E-state index in [0.717, 1.165) is 9.13 Å². The van der Waals surface area contributed by atoms with E-state index in [1.165, 1.54) is 4.90 Å². The molecule has 3 amide bonds. The highest BCUT2D eigenvalue weighted by molar-refractivity contribution is 14.1. The summed E-state index contributed by atoms with van der Waals surface area (Å²) < 4.78 is 1.02. The van der Waals surface area contributed by atoms with E-state index in [2.05, 4.69) is 22.6 Å². The lowest BCUT2D eigenvalue weighted by atomic mass is 10.0. The van der Waals surface area contributed by atoms with Crippen LogP contribution in [0.25, 0.3) is 0 Å². The zero-order valence-electron chi connectivity index (χ0n) is 16.2. The predicted molar refractivity (Wildman–Crippen MR) is 117 cm³/mol. The van der Waals surface area contributed by atoms with E-state index in [-0.39, 0.29) is 30.2 Å². The van der Waals surface area contributed by atoms with Crippen LogP contribution in [0.1, 0.15) is 42.6 Å². The van der Waals surface area contributed by atoms with Gasteiger partial charge in [-0.15, -0.1) is 0 Å². The first-order valence-corrected chi connectivity index (χ1v) is 10.4. The minimum Gasteiger partial charge on any atom is -0.323 e. The van der Waals surface area contributed by atoms with Crippen molar-refractivity contribution >= 4 is 46.0 Å². The molecule has 3 rings (SSSR count). The Hall–Kier alpha value is -2.22. The third-order valence-electron chi connectivity index (χ3n) is 5.11. The van der Waals surface area contributed by atoms with Crippen molar-refractivity contribution in [2.24, 2.45) is 0 Å². The third-order valence-corrected chi connectivity index (χ3v) is 5.83. The van der Waals surface area contributed by atoms with Crippen molar-refractivity contribution in [1.29, 1.82) is 0 Å². The summed E-state index contributed by atoms with van der Waals surface area (Å²) in [5.41, 5.74) is 2.06. The monoisotopic (exact) mass is 490 g/mol. The van der Waals surface area contributed by atoms with E-state index < -0.39 is 6.04 Å². The summed E-state index contributed by atoms with van der Waals surface area (Å²) in [5.74, 6) is -0.831. The minimum absolute atomic E-state index is 0.00666. The fraction of sp³-hybridized carbons (Fsp3) is 0.318. The van der Waals surface area contributed by atoms with Crippen LogP contribution in [-0.4, -0.2) is 34.7 Å². The molecule has 5 nitrogen and oxygen atoms in total. The molecule has 2 aromatic carbocycles. The number of rotatable bonds is 5. The number of hydrogen-bond donors (Lipinski definition) is 0. The number of halogens is 1. The fourth-order valence-electron chi connectivity index (χ4n) is 3.47. The first-order valence-electron chi connectivity index (χ1n) is 9.35. The minimum atomic E-state index is -0.783. The molecule has 146 valence electrons. The molecule has 1 fully saturated rings. The summed E-state index contributed by atoms with van der Waals surface area (Å²) in [4.78, 5) is 41.9. The summed E-state index contributed by atoms with van der Waals surface area (Å²) in [7, 11) is 0. The number of carbonyl (C=O) groups is 3. The van der Waals surface area contributed by atoms with Gasteiger partial charge in [-0.05, 0) is 79.3 Å². The van der Waals surface area contributed by atoms with Crippen molar-refractivity contribution in [2.45, 2.75) is 45.7 Å². The topological polar surface area (TPSA) is 57.7 Å². The van der Waals surface area contributed by atoms with Gasteiger partial charge < -0.3 is 4.90 Å². The lowest BCUT2D eigenvalue weighted by Crippen LogP contribution is -2.49. The van der Waals surface area contributed by atoms with Crippen molar-refractivity contribution in [3.05, 3.63) is 63.2 Å². The van der Waals surface area contributed by atoms with Gasteiger partial charge in [-0.2, -0.15) is 0 Å². The molecule has 2 aromatic rings. The highest BCUT2D eigenvalue weighted by atomic mass is 127. The maximum Gasteiger partial charge on any atom is 0.257 e. The van der Waals surface area contributed by atoms with E-state index >= 15 is 0 Å². The Labute approximate surface area is 178 Å². The Balaban J connectivity index is 1.95. The lowest BCUT2D eigenvalue weighted by Gasteiger charge is -2.33. The zero-order chi connectivity index (χ0) is 20.4. The average molecular weight is 490 g/mol. The summed E-state index contributed by atoms with van der Waals surface area (Å²) >= 11 is 2.17. The van der Waals surface area contributed by atoms with Crippen LogP contribution in [0, 0.1) is 10.5 Å². The molecule has 28 heavy (non-hydrogen) atoms. The molecule has 0 spiro atoms. The summed E-state index contributed by atoms with van der Waals surface area (Å²) in [6.07, 6.45) is 0.700. The SMILES string of the molecule is CCC(C)N(C(=O)c1cccc(C)c1)C1CC(=O)N(c2ccc(I)cc2)C1=O. The molecule has 0 bridgehead atoms. The van der Waals surface area contributed by atoms with Gasteiger partial charge in [0, 0.05) is 15.2 Å². The fourth-order valence-corrected chi connectivity index (χ4v) is 3.83. The summed E-state index contributed by atoms with van der Waals surface area (Å²) in [6, 6.07) is 13.6. The van der Waals surface area contributed by atoms with Gasteiger partial charge in [0.1, 0.15) is 6.04 Å². The lowest BCUT2D eigenvalue weighted by molar-refractivity contribution is -0.122. The van der Waals surface area contributed by atoms with Crippen molar-refractivity contribution in [2.75, 3.05) is 4.90 Å². The smallest absolute Gasteiger partial charge is 0.257 e. The van der Waals surface area contributed by atoms with Crippen molar-refractivity contribution in [3.8, 4) is 0 Å². The normalized spacial score (nSPS) is 17.7. The van der Waals surface area contributed by atoms with Crippen molar-refractivity contribution < 1.29 is 14.4 Å². The van der Waals surface area contributed by atoms with Gasteiger partial charge in [0.2, 0.25) is 5.91 Å². The van der Waals surface area contributed by atoms with Gasteiger partial charge in [-0.3, -0.25) is 14.4 Å². The second kappa shape index (κ2) is 8.43. The maximum atomic E-state index is 13.3.